The molecule has 1 unspecified atom stereocenters. The van der Waals surface area contributed by atoms with Gasteiger partial charge in [-0.2, -0.15) is 0 Å². The summed E-state index contributed by atoms with van der Waals surface area (Å²) in [6.07, 6.45) is -0.337. The first-order valence-electron chi connectivity index (χ1n) is 6.46. The number of carbonyl (C=O) groups excluding carboxylic acids is 1. The second-order valence-electron chi connectivity index (χ2n) is 4.45. The fraction of sp³-hybridized carbons (Fsp3) is 0.286. The highest BCUT2D eigenvalue weighted by Crippen LogP contribution is 2.14. The molecule has 1 aromatic carbocycles. The fourth-order valence-corrected chi connectivity index (χ4v) is 2.56. The molecular formula is C14H17ClFN3O2S. The van der Waals surface area contributed by atoms with Crippen molar-refractivity contribution in [2.24, 2.45) is 5.73 Å². The Hall–Kier alpha value is -1.54. The predicted octanol–water partition coefficient (Wildman–Crippen LogP) is 1.67. The third-order valence-corrected chi connectivity index (χ3v) is 3.74. The zero-order chi connectivity index (χ0) is 15.2. The van der Waals surface area contributed by atoms with Crippen LogP contribution in [-0.4, -0.2) is 29.1 Å². The summed E-state index contributed by atoms with van der Waals surface area (Å²) in [6.45, 7) is 0.471. The average Bonchev–Trinajstić information content (AvgIpc) is 2.93. The van der Waals surface area contributed by atoms with Crippen molar-refractivity contribution in [3.8, 4) is 0 Å². The Kier molecular flexibility index (Phi) is 7.40. The lowest BCUT2D eigenvalue weighted by Crippen LogP contribution is -2.28. The van der Waals surface area contributed by atoms with E-state index in [1.54, 1.807) is 11.4 Å². The van der Waals surface area contributed by atoms with E-state index in [0.29, 0.717) is 24.2 Å². The standard InChI is InChI=1S/C14H16FN3O2S.ClH/c15-10-3-1-2-9(6-10)12(19)7-17-14(20)11-8-21-13(18-11)4-5-16;/h1-3,6,8,12,19H,4-5,7,16H2,(H,17,20);1H. The molecule has 2 aromatic rings. The van der Waals surface area contributed by atoms with Crippen LogP contribution in [0.2, 0.25) is 0 Å². The number of nitrogens with one attached hydrogen (secondary N) is 1. The van der Waals surface area contributed by atoms with Crippen LogP contribution in [0.4, 0.5) is 4.39 Å². The van der Waals surface area contributed by atoms with Gasteiger partial charge in [0.1, 0.15) is 11.5 Å². The first-order valence-corrected chi connectivity index (χ1v) is 7.34. The number of amides is 1. The van der Waals surface area contributed by atoms with Crippen molar-refractivity contribution in [2.45, 2.75) is 12.5 Å². The second-order valence-corrected chi connectivity index (χ2v) is 5.39. The molecule has 0 saturated heterocycles. The molecule has 0 spiro atoms. The SMILES string of the molecule is Cl.NCCc1nc(C(=O)NCC(O)c2cccc(F)c2)cs1. The highest BCUT2D eigenvalue weighted by Gasteiger charge is 2.13. The third kappa shape index (κ3) is 5.03. The lowest BCUT2D eigenvalue weighted by Gasteiger charge is -2.11. The number of rotatable bonds is 6. The lowest BCUT2D eigenvalue weighted by atomic mass is 10.1. The number of aromatic nitrogens is 1. The minimum Gasteiger partial charge on any atom is -0.387 e. The van der Waals surface area contributed by atoms with E-state index < -0.39 is 11.9 Å². The van der Waals surface area contributed by atoms with E-state index in [2.05, 4.69) is 10.3 Å². The number of hydrogen-bond donors (Lipinski definition) is 3. The van der Waals surface area contributed by atoms with Crippen molar-refractivity contribution < 1.29 is 14.3 Å². The van der Waals surface area contributed by atoms with E-state index in [4.69, 9.17) is 5.73 Å². The molecule has 0 aliphatic rings. The zero-order valence-corrected chi connectivity index (χ0v) is 13.3. The van der Waals surface area contributed by atoms with Gasteiger partial charge in [0.25, 0.3) is 5.91 Å². The van der Waals surface area contributed by atoms with Crippen molar-refractivity contribution in [3.63, 3.8) is 0 Å². The van der Waals surface area contributed by atoms with Gasteiger partial charge in [0.05, 0.1) is 11.1 Å². The number of thiazole rings is 1. The highest BCUT2D eigenvalue weighted by atomic mass is 35.5. The Morgan fingerprint density at radius 3 is 2.95 bits per heavy atom. The summed E-state index contributed by atoms with van der Waals surface area (Å²) in [5.41, 5.74) is 6.14. The number of halogens is 2. The van der Waals surface area contributed by atoms with Gasteiger partial charge in [-0.05, 0) is 24.2 Å². The summed E-state index contributed by atoms with van der Waals surface area (Å²) in [5, 5.41) is 14.9. The Bertz CT molecular complexity index is 624. The molecule has 4 N–H and O–H groups in total. The predicted molar refractivity (Wildman–Crippen MR) is 85.8 cm³/mol. The summed E-state index contributed by atoms with van der Waals surface area (Å²) >= 11 is 1.37. The summed E-state index contributed by atoms with van der Waals surface area (Å²) in [5.74, 6) is -0.797. The number of nitrogens with two attached hydrogens (primary N) is 1. The molecule has 0 aliphatic carbocycles. The summed E-state index contributed by atoms with van der Waals surface area (Å²) in [4.78, 5) is 16.0. The van der Waals surface area contributed by atoms with Gasteiger partial charge in [-0.15, -0.1) is 23.7 Å². The second kappa shape index (κ2) is 8.79. The Morgan fingerprint density at radius 2 is 2.27 bits per heavy atom. The van der Waals surface area contributed by atoms with E-state index >= 15 is 0 Å². The van der Waals surface area contributed by atoms with E-state index in [1.807, 2.05) is 0 Å². The summed E-state index contributed by atoms with van der Waals surface area (Å²) < 4.78 is 13.0. The summed E-state index contributed by atoms with van der Waals surface area (Å²) in [6, 6.07) is 5.64. The molecule has 22 heavy (non-hydrogen) atoms. The van der Waals surface area contributed by atoms with Crippen molar-refractivity contribution in [1.29, 1.82) is 0 Å². The molecule has 120 valence electrons. The van der Waals surface area contributed by atoms with Crippen molar-refractivity contribution in [3.05, 3.63) is 51.7 Å². The largest absolute Gasteiger partial charge is 0.387 e. The molecule has 1 amide bonds. The van der Waals surface area contributed by atoms with E-state index in [0.717, 1.165) is 5.01 Å². The van der Waals surface area contributed by atoms with E-state index in [-0.39, 0.29) is 24.9 Å². The molecule has 0 radical (unpaired) electrons. The van der Waals surface area contributed by atoms with Crippen molar-refractivity contribution in [1.82, 2.24) is 10.3 Å². The topological polar surface area (TPSA) is 88.2 Å². The minimum absolute atomic E-state index is 0. The van der Waals surface area contributed by atoms with Gasteiger partial charge in [-0.3, -0.25) is 4.79 Å². The number of hydrogen-bond acceptors (Lipinski definition) is 5. The molecule has 5 nitrogen and oxygen atoms in total. The Balaban J connectivity index is 0.00000242. The molecule has 1 atom stereocenters. The maximum absolute atomic E-state index is 13.0. The van der Waals surface area contributed by atoms with Gasteiger partial charge in [-0.25, -0.2) is 9.37 Å². The van der Waals surface area contributed by atoms with Crippen molar-refractivity contribution in [2.75, 3.05) is 13.1 Å². The number of carbonyl (C=O) groups is 1. The van der Waals surface area contributed by atoms with Crippen LogP contribution in [0.25, 0.3) is 0 Å². The van der Waals surface area contributed by atoms with Crippen LogP contribution < -0.4 is 11.1 Å². The molecule has 1 heterocycles. The smallest absolute Gasteiger partial charge is 0.270 e. The van der Waals surface area contributed by atoms with Crippen LogP contribution in [-0.2, 0) is 6.42 Å². The van der Waals surface area contributed by atoms with Gasteiger partial charge >= 0.3 is 0 Å². The van der Waals surface area contributed by atoms with Crippen LogP contribution in [0.15, 0.2) is 29.6 Å². The van der Waals surface area contributed by atoms with Gasteiger partial charge < -0.3 is 16.2 Å². The Morgan fingerprint density at radius 1 is 1.50 bits per heavy atom. The third-order valence-electron chi connectivity index (χ3n) is 2.83. The number of nitrogens with zero attached hydrogens (tertiary/aromatic N) is 1. The van der Waals surface area contributed by atoms with Gasteiger partial charge in [-0.1, -0.05) is 12.1 Å². The molecule has 0 aliphatic heterocycles. The number of aliphatic hydroxyl groups is 1. The molecular weight excluding hydrogens is 329 g/mol. The van der Waals surface area contributed by atoms with Crippen LogP contribution >= 0.6 is 23.7 Å². The van der Waals surface area contributed by atoms with Gasteiger partial charge in [0.15, 0.2) is 0 Å². The average molecular weight is 346 g/mol. The molecule has 0 fully saturated rings. The minimum atomic E-state index is -0.966. The normalized spacial score (nSPS) is 11.6. The van der Waals surface area contributed by atoms with Gasteiger partial charge in [0.2, 0.25) is 0 Å². The number of aliphatic hydroxyl groups excluding tert-OH is 1. The van der Waals surface area contributed by atoms with E-state index in [1.165, 1.54) is 29.5 Å². The van der Waals surface area contributed by atoms with Crippen LogP contribution in [0.3, 0.4) is 0 Å². The monoisotopic (exact) mass is 345 g/mol. The molecule has 2 rings (SSSR count). The first kappa shape index (κ1) is 18.5. The molecule has 8 heteroatoms. The summed E-state index contributed by atoms with van der Waals surface area (Å²) in [7, 11) is 0. The van der Waals surface area contributed by atoms with Crippen LogP contribution in [0.5, 0.6) is 0 Å². The van der Waals surface area contributed by atoms with Crippen LogP contribution in [0.1, 0.15) is 27.2 Å². The molecule has 1 aromatic heterocycles. The fourth-order valence-electron chi connectivity index (χ4n) is 1.77. The van der Waals surface area contributed by atoms with Crippen molar-refractivity contribution >= 4 is 29.7 Å². The quantitative estimate of drug-likeness (QED) is 0.743. The van der Waals surface area contributed by atoms with Gasteiger partial charge in [0, 0.05) is 18.3 Å². The molecule has 0 bridgehead atoms. The first-order chi connectivity index (χ1) is 10.1. The molecule has 0 saturated carbocycles. The number of benzene rings is 1. The maximum Gasteiger partial charge on any atom is 0.270 e. The maximum atomic E-state index is 13.0. The Labute approximate surface area is 137 Å². The highest BCUT2D eigenvalue weighted by molar-refractivity contribution is 7.09. The van der Waals surface area contributed by atoms with Crippen LogP contribution in [0, 0.1) is 5.82 Å². The van der Waals surface area contributed by atoms with E-state index in [9.17, 15) is 14.3 Å². The zero-order valence-electron chi connectivity index (χ0n) is 11.7. The lowest BCUT2D eigenvalue weighted by molar-refractivity contribution is 0.0912.